The fourth-order valence-electron chi connectivity index (χ4n) is 2.68. The van der Waals surface area contributed by atoms with E-state index < -0.39 is 5.97 Å². The van der Waals surface area contributed by atoms with Crippen LogP contribution in [0, 0.1) is 0 Å². The molecular weight excluding hydrogens is 356 g/mol. The van der Waals surface area contributed by atoms with Crippen molar-refractivity contribution in [2.45, 2.75) is 6.54 Å². The van der Waals surface area contributed by atoms with Gasteiger partial charge in [-0.15, -0.1) is 0 Å². The summed E-state index contributed by atoms with van der Waals surface area (Å²) < 4.78 is 9.94. The number of fused-ring (bicyclic) bond motifs is 1. The van der Waals surface area contributed by atoms with Gasteiger partial charge in [-0.2, -0.15) is 0 Å². The molecule has 6 nitrogen and oxygen atoms in total. The van der Waals surface area contributed by atoms with Gasteiger partial charge in [0.15, 0.2) is 0 Å². The molecule has 1 aromatic heterocycles. The molecule has 2 aromatic carbocycles. The van der Waals surface area contributed by atoms with Gasteiger partial charge >= 0.3 is 5.97 Å². The molecule has 0 spiro atoms. The van der Waals surface area contributed by atoms with E-state index in [0.29, 0.717) is 23.5 Å². The van der Waals surface area contributed by atoms with Crippen LogP contribution in [-0.4, -0.2) is 31.1 Å². The lowest BCUT2D eigenvalue weighted by Crippen LogP contribution is -2.23. The van der Waals surface area contributed by atoms with Crippen LogP contribution in [0.25, 0.3) is 17.0 Å². The lowest BCUT2D eigenvalue weighted by atomic mass is 10.1. The maximum absolute atomic E-state index is 12.5. The molecule has 0 saturated carbocycles. The Morgan fingerprint density at radius 3 is 2.54 bits per heavy atom. The monoisotopic (exact) mass is 376 g/mol. The fourth-order valence-corrected chi connectivity index (χ4v) is 2.68. The summed E-state index contributed by atoms with van der Waals surface area (Å²) in [4.78, 5) is 28.1. The third-order valence-electron chi connectivity index (χ3n) is 4.18. The van der Waals surface area contributed by atoms with E-state index >= 15 is 0 Å². The number of para-hydroxylation sites is 1. The van der Waals surface area contributed by atoms with Crippen LogP contribution in [0.3, 0.4) is 0 Å². The number of ether oxygens (including phenoxy) is 2. The number of aromatic nitrogens is 1. The molecule has 28 heavy (non-hydrogen) atoms. The Kier molecular flexibility index (Phi) is 6.01. The van der Waals surface area contributed by atoms with E-state index in [1.165, 1.54) is 13.2 Å². The zero-order chi connectivity index (χ0) is 19.9. The zero-order valence-corrected chi connectivity index (χ0v) is 15.6. The fraction of sp³-hybridized carbons (Fsp3) is 0.136. The average Bonchev–Trinajstić information content (AvgIpc) is 2.75. The maximum atomic E-state index is 12.5. The van der Waals surface area contributed by atoms with Crippen LogP contribution < -0.4 is 10.1 Å². The molecule has 0 atom stereocenters. The summed E-state index contributed by atoms with van der Waals surface area (Å²) in [5, 5.41) is 3.72. The van der Waals surface area contributed by atoms with Crippen molar-refractivity contribution >= 4 is 28.9 Å². The highest BCUT2D eigenvalue weighted by atomic mass is 16.5. The number of nitrogens with one attached hydrogen (secondary N) is 1. The normalized spacial score (nSPS) is 10.8. The number of esters is 1. The SMILES string of the molecule is COC(=O)/C=C/c1ccc(CNC(=O)c2cc(OC)c3ccccc3n2)cc1. The van der Waals surface area contributed by atoms with E-state index in [1.54, 1.807) is 19.3 Å². The third kappa shape index (κ3) is 4.54. The van der Waals surface area contributed by atoms with Crippen LogP contribution in [0.2, 0.25) is 0 Å². The van der Waals surface area contributed by atoms with Crippen molar-refractivity contribution in [1.29, 1.82) is 0 Å². The number of benzene rings is 2. The highest BCUT2D eigenvalue weighted by molar-refractivity contribution is 5.97. The number of carbonyl (C=O) groups is 2. The van der Waals surface area contributed by atoms with Crippen LogP contribution in [0.1, 0.15) is 21.6 Å². The quantitative estimate of drug-likeness (QED) is 0.527. The Morgan fingerprint density at radius 1 is 1.07 bits per heavy atom. The van der Waals surface area contributed by atoms with Crippen molar-refractivity contribution in [1.82, 2.24) is 10.3 Å². The number of hydrogen-bond donors (Lipinski definition) is 1. The molecule has 3 rings (SSSR count). The summed E-state index contributed by atoms with van der Waals surface area (Å²) in [6, 6.07) is 16.6. The number of rotatable bonds is 6. The van der Waals surface area contributed by atoms with Crippen molar-refractivity contribution in [3.05, 3.63) is 77.5 Å². The van der Waals surface area contributed by atoms with Crippen LogP contribution in [-0.2, 0) is 16.1 Å². The van der Waals surface area contributed by atoms with Crippen molar-refractivity contribution in [3.63, 3.8) is 0 Å². The molecule has 1 amide bonds. The number of amides is 1. The molecule has 0 bridgehead atoms. The Hall–Kier alpha value is -3.67. The molecular formula is C22H20N2O4. The summed E-state index contributed by atoms with van der Waals surface area (Å²) in [7, 11) is 2.90. The number of hydrogen-bond acceptors (Lipinski definition) is 5. The predicted molar refractivity (Wildman–Crippen MR) is 107 cm³/mol. The molecule has 0 radical (unpaired) electrons. The van der Waals surface area contributed by atoms with Crippen LogP contribution in [0.4, 0.5) is 0 Å². The second-order valence-corrected chi connectivity index (χ2v) is 6.01. The smallest absolute Gasteiger partial charge is 0.330 e. The second kappa shape index (κ2) is 8.81. The standard InChI is InChI=1S/C22H20N2O4/c1-27-20-13-19(24-18-6-4-3-5-17(18)20)22(26)23-14-16-9-7-15(8-10-16)11-12-21(25)28-2/h3-13H,14H2,1-2H3,(H,23,26)/b12-11+. The van der Waals surface area contributed by atoms with Gasteiger partial charge in [0.1, 0.15) is 11.4 Å². The first-order valence-corrected chi connectivity index (χ1v) is 8.67. The van der Waals surface area contributed by atoms with Gasteiger partial charge in [0.2, 0.25) is 0 Å². The Balaban J connectivity index is 1.68. The largest absolute Gasteiger partial charge is 0.496 e. The van der Waals surface area contributed by atoms with E-state index in [1.807, 2.05) is 48.5 Å². The third-order valence-corrected chi connectivity index (χ3v) is 4.18. The first-order valence-electron chi connectivity index (χ1n) is 8.67. The molecule has 0 unspecified atom stereocenters. The molecule has 3 aromatic rings. The second-order valence-electron chi connectivity index (χ2n) is 6.01. The van der Waals surface area contributed by atoms with E-state index in [9.17, 15) is 9.59 Å². The van der Waals surface area contributed by atoms with Gasteiger partial charge in [-0.05, 0) is 29.3 Å². The summed E-state index contributed by atoms with van der Waals surface area (Å²) in [6.07, 6.45) is 3.02. The number of nitrogens with zero attached hydrogens (tertiary/aromatic N) is 1. The molecule has 0 aliphatic carbocycles. The van der Waals surface area contributed by atoms with Gasteiger partial charge in [-0.3, -0.25) is 4.79 Å². The van der Waals surface area contributed by atoms with Crippen molar-refractivity contribution in [2.75, 3.05) is 14.2 Å². The van der Waals surface area contributed by atoms with Gasteiger partial charge in [-0.25, -0.2) is 9.78 Å². The van der Waals surface area contributed by atoms with Crippen molar-refractivity contribution in [2.24, 2.45) is 0 Å². The maximum Gasteiger partial charge on any atom is 0.330 e. The number of methoxy groups -OCH3 is 2. The Morgan fingerprint density at radius 2 is 1.82 bits per heavy atom. The Labute approximate surface area is 162 Å². The molecule has 0 saturated heterocycles. The topological polar surface area (TPSA) is 77.5 Å². The van der Waals surface area contributed by atoms with Gasteiger partial charge in [0.05, 0.1) is 19.7 Å². The molecule has 0 aliphatic rings. The highest BCUT2D eigenvalue weighted by Crippen LogP contribution is 2.24. The molecule has 0 fully saturated rings. The van der Waals surface area contributed by atoms with E-state index in [-0.39, 0.29) is 5.91 Å². The molecule has 1 heterocycles. The Bertz CT molecular complexity index is 1030. The van der Waals surface area contributed by atoms with Crippen LogP contribution in [0.15, 0.2) is 60.7 Å². The predicted octanol–water partition coefficient (Wildman–Crippen LogP) is 3.36. The first-order chi connectivity index (χ1) is 13.6. The first kappa shape index (κ1) is 19.1. The van der Waals surface area contributed by atoms with E-state index in [2.05, 4.69) is 15.0 Å². The summed E-state index contributed by atoms with van der Waals surface area (Å²) in [6.45, 7) is 0.358. The van der Waals surface area contributed by atoms with Crippen molar-refractivity contribution in [3.8, 4) is 5.75 Å². The number of pyridine rings is 1. The number of carbonyl (C=O) groups excluding carboxylic acids is 2. The molecule has 1 N–H and O–H groups in total. The van der Waals surface area contributed by atoms with Crippen molar-refractivity contribution < 1.29 is 19.1 Å². The highest BCUT2D eigenvalue weighted by Gasteiger charge is 2.12. The minimum Gasteiger partial charge on any atom is -0.496 e. The summed E-state index contributed by atoms with van der Waals surface area (Å²) in [5.41, 5.74) is 2.79. The molecule has 142 valence electrons. The lowest BCUT2D eigenvalue weighted by Gasteiger charge is -2.09. The zero-order valence-electron chi connectivity index (χ0n) is 15.6. The van der Waals surface area contributed by atoms with Gasteiger partial charge in [0.25, 0.3) is 5.91 Å². The van der Waals surface area contributed by atoms with Gasteiger partial charge in [0, 0.05) is 24.1 Å². The minimum absolute atomic E-state index is 0.279. The summed E-state index contributed by atoms with van der Waals surface area (Å²) >= 11 is 0. The van der Waals surface area contributed by atoms with E-state index in [4.69, 9.17) is 4.74 Å². The molecule has 0 aliphatic heterocycles. The minimum atomic E-state index is -0.408. The van der Waals surface area contributed by atoms with Gasteiger partial charge in [-0.1, -0.05) is 36.4 Å². The van der Waals surface area contributed by atoms with Crippen LogP contribution in [0.5, 0.6) is 5.75 Å². The summed E-state index contributed by atoms with van der Waals surface area (Å²) in [5.74, 6) is -0.0779. The van der Waals surface area contributed by atoms with Crippen LogP contribution >= 0.6 is 0 Å². The van der Waals surface area contributed by atoms with Gasteiger partial charge < -0.3 is 14.8 Å². The lowest BCUT2D eigenvalue weighted by molar-refractivity contribution is -0.134. The molecule has 6 heteroatoms. The van der Waals surface area contributed by atoms with E-state index in [0.717, 1.165) is 16.5 Å². The average molecular weight is 376 g/mol.